The van der Waals surface area contributed by atoms with E-state index in [0.29, 0.717) is 11.8 Å². The molecule has 2 fully saturated rings. The monoisotopic (exact) mass is 261 g/mol. The first-order valence-electron chi connectivity index (χ1n) is 7.82. The zero-order valence-electron chi connectivity index (χ0n) is 11.6. The Labute approximate surface area is 115 Å². The Kier molecular flexibility index (Phi) is 4.17. The molecule has 1 nitrogen and oxygen atoms in total. The van der Waals surface area contributed by atoms with E-state index in [0.717, 1.165) is 12.6 Å². The fourth-order valence-corrected chi connectivity index (χ4v) is 3.41. The van der Waals surface area contributed by atoms with E-state index in [1.54, 1.807) is 12.1 Å². The Morgan fingerprint density at radius 2 is 1.89 bits per heavy atom. The molecule has 1 aromatic carbocycles. The van der Waals surface area contributed by atoms with Crippen LogP contribution in [0, 0.1) is 11.7 Å². The van der Waals surface area contributed by atoms with Crippen LogP contribution in [-0.4, -0.2) is 12.6 Å². The highest BCUT2D eigenvalue weighted by atomic mass is 19.1. The Bertz CT molecular complexity index is 413. The third-order valence-corrected chi connectivity index (χ3v) is 4.68. The summed E-state index contributed by atoms with van der Waals surface area (Å²) in [4.78, 5) is 0. The molecular weight excluding hydrogens is 237 g/mol. The van der Waals surface area contributed by atoms with Crippen molar-refractivity contribution < 1.29 is 4.39 Å². The van der Waals surface area contributed by atoms with Crippen molar-refractivity contribution in [1.29, 1.82) is 0 Å². The smallest absolute Gasteiger partial charge is 0.123 e. The lowest BCUT2D eigenvalue weighted by Crippen LogP contribution is -2.28. The summed E-state index contributed by atoms with van der Waals surface area (Å²) < 4.78 is 13.5. The van der Waals surface area contributed by atoms with Crippen LogP contribution < -0.4 is 5.32 Å². The van der Waals surface area contributed by atoms with Crippen LogP contribution in [0.25, 0.3) is 0 Å². The molecule has 0 spiro atoms. The Balaban J connectivity index is 1.72. The Hall–Kier alpha value is -0.890. The summed E-state index contributed by atoms with van der Waals surface area (Å²) in [5, 5.41) is 3.67. The molecule has 104 valence electrons. The third kappa shape index (κ3) is 3.56. The second-order valence-corrected chi connectivity index (χ2v) is 6.24. The second kappa shape index (κ2) is 6.04. The van der Waals surface area contributed by atoms with E-state index < -0.39 is 0 Å². The number of halogens is 1. The molecule has 0 bridgehead atoms. The Morgan fingerprint density at radius 1 is 1.05 bits per heavy atom. The molecule has 2 heteroatoms. The summed E-state index contributed by atoms with van der Waals surface area (Å²) in [6.45, 7) is 1.12. The van der Waals surface area contributed by atoms with Crippen LogP contribution in [0.2, 0.25) is 0 Å². The van der Waals surface area contributed by atoms with Gasteiger partial charge in [-0.2, -0.15) is 0 Å². The first kappa shape index (κ1) is 13.1. The van der Waals surface area contributed by atoms with Crippen molar-refractivity contribution in [1.82, 2.24) is 5.32 Å². The van der Waals surface area contributed by atoms with Crippen molar-refractivity contribution in [3.8, 4) is 0 Å². The average Bonchev–Trinajstić information content (AvgIpc) is 3.23. The van der Waals surface area contributed by atoms with E-state index in [2.05, 4.69) is 11.4 Å². The van der Waals surface area contributed by atoms with Gasteiger partial charge in [-0.3, -0.25) is 0 Å². The van der Waals surface area contributed by atoms with E-state index in [1.165, 1.54) is 50.5 Å². The van der Waals surface area contributed by atoms with Crippen molar-refractivity contribution in [3.05, 3.63) is 35.6 Å². The van der Waals surface area contributed by atoms with Crippen LogP contribution in [-0.2, 0) is 0 Å². The van der Waals surface area contributed by atoms with Crippen LogP contribution in [0.1, 0.15) is 56.4 Å². The first-order chi connectivity index (χ1) is 9.33. The predicted molar refractivity (Wildman–Crippen MR) is 76.7 cm³/mol. The maximum atomic E-state index is 13.5. The minimum atomic E-state index is -0.0874. The lowest BCUT2D eigenvalue weighted by molar-refractivity contribution is 0.373. The van der Waals surface area contributed by atoms with Gasteiger partial charge in [0.2, 0.25) is 0 Å². The number of hydrogen-bond acceptors (Lipinski definition) is 1. The largest absolute Gasteiger partial charge is 0.314 e. The van der Waals surface area contributed by atoms with Gasteiger partial charge in [0.1, 0.15) is 5.82 Å². The van der Waals surface area contributed by atoms with Crippen molar-refractivity contribution >= 4 is 0 Å². The summed E-state index contributed by atoms with van der Waals surface area (Å²) in [7, 11) is 0. The summed E-state index contributed by atoms with van der Waals surface area (Å²) in [6.07, 6.45) is 9.17. The molecule has 0 amide bonds. The molecule has 1 aromatic rings. The maximum absolute atomic E-state index is 13.5. The van der Waals surface area contributed by atoms with Gasteiger partial charge in [-0.15, -0.1) is 0 Å². The molecule has 2 aliphatic carbocycles. The lowest BCUT2D eigenvalue weighted by atomic mass is 9.82. The standard InChI is InChI=1S/C17H24FN/c18-15-7-4-6-13(11-15)17-8-3-1-2-5-14(17)12-19-16-9-10-16/h4,6-7,11,14,16-17,19H,1-3,5,8-10,12H2. The van der Waals surface area contributed by atoms with E-state index in [1.807, 2.05) is 6.07 Å². The number of nitrogens with one attached hydrogen (secondary N) is 1. The van der Waals surface area contributed by atoms with E-state index in [4.69, 9.17) is 0 Å². The fraction of sp³-hybridized carbons (Fsp3) is 0.647. The molecule has 0 radical (unpaired) electrons. The van der Waals surface area contributed by atoms with Crippen molar-refractivity contribution in [2.45, 2.75) is 56.9 Å². The summed E-state index contributed by atoms with van der Waals surface area (Å²) in [6, 6.07) is 8.05. The normalized spacial score (nSPS) is 28.1. The van der Waals surface area contributed by atoms with Crippen LogP contribution >= 0.6 is 0 Å². The summed E-state index contributed by atoms with van der Waals surface area (Å²) >= 11 is 0. The van der Waals surface area contributed by atoms with Crippen LogP contribution in [0.5, 0.6) is 0 Å². The molecular formula is C17H24FN. The quantitative estimate of drug-likeness (QED) is 0.799. The predicted octanol–water partition coefficient (Wildman–Crippen LogP) is 4.24. The SMILES string of the molecule is Fc1cccc(C2CCCCCC2CNC2CC2)c1. The molecule has 2 saturated carbocycles. The summed E-state index contributed by atoms with van der Waals surface area (Å²) in [5.74, 6) is 1.14. The Morgan fingerprint density at radius 3 is 2.68 bits per heavy atom. The number of benzene rings is 1. The molecule has 2 unspecified atom stereocenters. The molecule has 0 heterocycles. The zero-order chi connectivity index (χ0) is 13.1. The van der Waals surface area contributed by atoms with Crippen LogP contribution in [0.4, 0.5) is 4.39 Å². The van der Waals surface area contributed by atoms with Crippen LogP contribution in [0.3, 0.4) is 0 Å². The van der Waals surface area contributed by atoms with Gasteiger partial charge in [0.15, 0.2) is 0 Å². The average molecular weight is 261 g/mol. The second-order valence-electron chi connectivity index (χ2n) is 6.24. The number of rotatable bonds is 4. The molecule has 19 heavy (non-hydrogen) atoms. The highest BCUT2D eigenvalue weighted by Crippen LogP contribution is 2.37. The van der Waals surface area contributed by atoms with Gasteiger partial charge in [-0.1, -0.05) is 31.4 Å². The van der Waals surface area contributed by atoms with Gasteiger partial charge in [-0.05, 0) is 61.8 Å². The molecule has 0 aromatic heterocycles. The molecule has 0 saturated heterocycles. The molecule has 3 rings (SSSR count). The molecule has 2 atom stereocenters. The highest BCUT2D eigenvalue weighted by Gasteiger charge is 2.28. The molecule has 1 N–H and O–H groups in total. The van der Waals surface area contributed by atoms with Gasteiger partial charge >= 0.3 is 0 Å². The van der Waals surface area contributed by atoms with Gasteiger partial charge in [0, 0.05) is 6.04 Å². The lowest BCUT2D eigenvalue weighted by Gasteiger charge is -2.26. The minimum absolute atomic E-state index is 0.0874. The highest BCUT2D eigenvalue weighted by molar-refractivity contribution is 5.22. The van der Waals surface area contributed by atoms with Gasteiger partial charge in [0.05, 0.1) is 0 Å². The van der Waals surface area contributed by atoms with Gasteiger partial charge in [-0.25, -0.2) is 4.39 Å². The topological polar surface area (TPSA) is 12.0 Å². The maximum Gasteiger partial charge on any atom is 0.123 e. The molecule has 0 aliphatic heterocycles. The van der Waals surface area contributed by atoms with E-state index in [-0.39, 0.29) is 5.82 Å². The summed E-state index contributed by atoms with van der Waals surface area (Å²) in [5.41, 5.74) is 1.21. The van der Waals surface area contributed by atoms with Crippen molar-refractivity contribution in [2.24, 2.45) is 5.92 Å². The van der Waals surface area contributed by atoms with Gasteiger partial charge < -0.3 is 5.32 Å². The number of hydrogen-bond donors (Lipinski definition) is 1. The fourth-order valence-electron chi connectivity index (χ4n) is 3.41. The first-order valence-corrected chi connectivity index (χ1v) is 7.82. The minimum Gasteiger partial charge on any atom is -0.314 e. The third-order valence-electron chi connectivity index (χ3n) is 4.68. The van der Waals surface area contributed by atoms with Crippen LogP contribution in [0.15, 0.2) is 24.3 Å². The molecule has 2 aliphatic rings. The van der Waals surface area contributed by atoms with E-state index >= 15 is 0 Å². The van der Waals surface area contributed by atoms with Gasteiger partial charge in [0.25, 0.3) is 0 Å². The van der Waals surface area contributed by atoms with E-state index in [9.17, 15) is 4.39 Å². The zero-order valence-corrected chi connectivity index (χ0v) is 11.6. The van der Waals surface area contributed by atoms with Crippen molar-refractivity contribution in [2.75, 3.05) is 6.54 Å². The van der Waals surface area contributed by atoms with Crippen molar-refractivity contribution in [3.63, 3.8) is 0 Å².